The number of hydrogen-bond donors (Lipinski definition) is 1. The van der Waals surface area contributed by atoms with Crippen molar-refractivity contribution < 1.29 is 14.3 Å². The standard InChI is InChI=1S/C19H19ClN2O3/c20-15-11-13(12-17-18(15)25-10-9-24-17)5-7-21-19(23)22-8-6-14-3-1-2-4-16(14)22/h1-4,11-12H,5-10H2,(H,21,23). The first kappa shape index (κ1) is 16.1. The van der Waals surface area contributed by atoms with Gasteiger partial charge in [-0.1, -0.05) is 29.8 Å². The molecule has 2 aliphatic rings. The molecule has 0 atom stereocenters. The van der Waals surface area contributed by atoms with E-state index in [4.69, 9.17) is 21.1 Å². The molecule has 2 aliphatic heterocycles. The number of nitrogens with zero attached hydrogens (tertiary/aromatic N) is 1. The van der Waals surface area contributed by atoms with Gasteiger partial charge in [0.25, 0.3) is 0 Å². The molecule has 6 heteroatoms. The molecular weight excluding hydrogens is 340 g/mol. The molecule has 2 heterocycles. The van der Waals surface area contributed by atoms with Gasteiger partial charge < -0.3 is 14.8 Å². The average Bonchev–Trinajstić information content (AvgIpc) is 3.06. The molecular formula is C19H19ClN2O3. The highest BCUT2D eigenvalue weighted by atomic mass is 35.5. The lowest BCUT2D eigenvalue weighted by atomic mass is 10.1. The predicted molar refractivity (Wildman–Crippen MR) is 97.0 cm³/mol. The molecule has 5 nitrogen and oxygen atoms in total. The van der Waals surface area contributed by atoms with Crippen LogP contribution in [0.1, 0.15) is 11.1 Å². The van der Waals surface area contributed by atoms with Gasteiger partial charge in [0.05, 0.1) is 5.02 Å². The van der Waals surface area contributed by atoms with Crippen molar-refractivity contribution in [1.29, 1.82) is 0 Å². The first-order chi connectivity index (χ1) is 12.2. The summed E-state index contributed by atoms with van der Waals surface area (Å²) in [6, 6.07) is 11.8. The number of ether oxygens (including phenoxy) is 2. The number of benzene rings is 2. The summed E-state index contributed by atoms with van der Waals surface area (Å²) in [7, 11) is 0. The first-order valence-corrected chi connectivity index (χ1v) is 8.81. The molecule has 0 aliphatic carbocycles. The molecule has 2 aromatic rings. The van der Waals surface area contributed by atoms with Gasteiger partial charge in [-0.15, -0.1) is 0 Å². The molecule has 0 radical (unpaired) electrons. The second-order valence-corrected chi connectivity index (χ2v) is 6.52. The molecule has 0 spiro atoms. The number of anilines is 1. The number of para-hydroxylation sites is 1. The lowest BCUT2D eigenvalue weighted by Gasteiger charge is -2.21. The van der Waals surface area contributed by atoms with Gasteiger partial charge in [0.2, 0.25) is 0 Å². The third kappa shape index (κ3) is 3.24. The zero-order valence-corrected chi connectivity index (χ0v) is 14.5. The molecule has 0 aromatic heterocycles. The zero-order chi connectivity index (χ0) is 17.2. The number of rotatable bonds is 3. The van der Waals surface area contributed by atoms with E-state index < -0.39 is 0 Å². The monoisotopic (exact) mass is 358 g/mol. The highest BCUT2D eigenvalue weighted by Gasteiger charge is 2.23. The van der Waals surface area contributed by atoms with E-state index in [-0.39, 0.29) is 6.03 Å². The molecule has 0 bridgehead atoms. The Kier molecular flexibility index (Phi) is 4.40. The maximum absolute atomic E-state index is 12.4. The third-order valence-electron chi connectivity index (χ3n) is 4.48. The van der Waals surface area contributed by atoms with Crippen LogP contribution >= 0.6 is 11.6 Å². The summed E-state index contributed by atoms with van der Waals surface area (Å²) in [5, 5.41) is 3.53. The van der Waals surface area contributed by atoms with Crippen LogP contribution in [0, 0.1) is 0 Å². The molecule has 4 rings (SSSR count). The van der Waals surface area contributed by atoms with E-state index in [0.717, 1.165) is 24.2 Å². The van der Waals surface area contributed by atoms with Crippen LogP contribution in [0.5, 0.6) is 11.5 Å². The predicted octanol–water partition coefficient (Wildman–Crippen LogP) is 3.43. The Morgan fingerprint density at radius 3 is 2.96 bits per heavy atom. The van der Waals surface area contributed by atoms with Crippen LogP contribution in [0.2, 0.25) is 5.02 Å². The number of urea groups is 1. The molecule has 1 N–H and O–H groups in total. The zero-order valence-electron chi connectivity index (χ0n) is 13.8. The van der Waals surface area contributed by atoms with Crippen LogP contribution in [0.4, 0.5) is 10.5 Å². The fourth-order valence-electron chi connectivity index (χ4n) is 3.27. The Morgan fingerprint density at radius 2 is 2.04 bits per heavy atom. The molecule has 130 valence electrons. The number of nitrogens with one attached hydrogen (secondary N) is 1. The number of carbonyl (C=O) groups excluding carboxylic acids is 1. The van der Waals surface area contributed by atoms with E-state index in [1.54, 1.807) is 4.90 Å². The fourth-order valence-corrected chi connectivity index (χ4v) is 3.55. The first-order valence-electron chi connectivity index (χ1n) is 8.43. The fraction of sp³-hybridized carbons (Fsp3) is 0.316. The number of hydrogen-bond acceptors (Lipinski definition) is 3. The average molecular weight is 359 g/mol. The van der Waals surface area contributed by atoms with Crippen LogP contribution in [0.25, 0.3) is 0 Å². The minimum Gasteiger partial charge on any atom is -0.486 e. The van der Waals surface area contributed by atoms with E-state index in [1.807, 2.05) is 30.3 Å². The Hall–Kier alpha value is -2.40. The second-order valence-electron chi connectivity index (χ2n) is 6.11. The van der Waals surface area contributed by atoms with Crippen LogP contribution in [0.3, 0.4) is 0 Å². The quantitative estimate of drug-likeness (QED) is 0.914. The second kappa shape index (κ2) is 6.84. The number of halogens is 1. The van der Waals surface area contributed by atoms with Crippen molar-refractivity contribution >= 4 is 23.3 Å². The highest BCUT2D eigenvalue weighted by Crippen LogP contribution is 2.38. The molecule has 2 aromatic carbocycles. The van der Waals surface area contributed by atoms with Gasteiger partial charge in [0, 0.05) is 18.8 Å². The molecule has 25 heavy (non-hydrogen) atoms. The van der Waals surface area contributed by atoms with Crippen molar-refractivity contribution in [3.05, 3.63) is 52.5 Å². The smallest absolute Gasteiger partial charge is 0.321 e. The van der Waals surface area contributed by atoms with Crippen molar-refractivity contribution in [3.8, 4) is 11.5 Å². The van der Waals surface area contributed by atoms with E-state index >= 15 is 0 Å². The molecule has 0 unspecified atom stereocenters. The van der Waals surface area contributed by atoms with Gasteiger partial charge in [-0.3, -0.25) is 4.90 Å². The van der Waals surface area contributed by atoms with Gasteiger partial charge in [-0.2, -0.15) is 0 Å². The summed E-state index contributed by atoms with van der Waals surface area (Å²) in [5.41, 5.74) is 3.23. The summed E-state index contributed by atoms with van der Waals surface area (Å²) in [5.74, 6) is 1.28. The van der Waals surface area contributed by atoms with Crippen LogP contribution in [-0.4, -0.2) is 32.3 Å². The molecule has 0 saturated carbocycles. The number of fused-ring (bicyclic) bond motifs is 2. The van der Waals surface area contributed by atoms with Gasteiger partial charge >= 0.3 is 6.03 Å². The van der Waals surface area contributed by atoms with E-state index in [2.05, 4.69) is 11.4 Å². The number of amides is 2. The summed E-state index contributed by atoms with van der Waals surface area (Å²) in [4.78, 5) is 14.2. The lowest BCUT2D eigenvalue weighted by molar-refractivity contribution is 0.171. The topological polar surface area (TPSA) is 50.8 Å². The van der Waals surface area contributed by atoms with Gasteiger partial charge in [-0.05, 0) is 42.2 Å². The van der Waals surface area contributed by atoms with E-state index in [9.17, 15) is 4.79 Å². The minimum absolute atomic E-state index is 0.0615. The van der Waals surface area contributed by atoms with E-state index in [1.165, 1.54) is 5.56 Å². The number of carbonyl (C=O) groups is 1. The van der Waals surface area contributed by atoms with Crippen LogP contribution in [-0.2, 0) is 12.8 Å². The van der Waals surface area contributed by atoms with Crippen molar-refractivity contribution in [1.82, 2.24) is 5.32 Å². The minimum atomic E-state index is -0.0615. The van der Waals surface area contributed by atoms with Crippen molar-refractivity contribution in [2.24, 2.45) is 0 Å². The van der Waals surface area contributed by atoms with Gasteiger partial charge in [0.15, 0.2) is 11.5 Å². The van der Waals surface area contributed by atoms with Crippen LogP contribution < -0.4 is 19.7 Å². The van der Waals surface area contributed by atoms with Gasteiger partial charge in [-0.25, -0.2) is 4.79 Å². The Bertz CT molecular complexity index is 809. The summed E-state index contributed by atoms with van der Waals surface area (Å²) >= 11 is 6.25. The summed E-state index contributed by atoms with van der Waals surface area (Å²) in [6.07, 6.45) is 1.58. The van der Waals surface area contributed by atoms with E-state index in [0.29, 0.717) is 42.7 Å². The Balaban J connectivity index is 1.37. The maximum Gasteiger partial charge on any atom is 0.321 e. The van der Waals surface area contributed by atoms with Crippen molar-refractivity contribution in [3.63, 3.8) is 0 Å². The van der Waals surface area contributed by atoms with Crippen molar-refractivity contribution in [2.75, 3.05) is 31.2 Å². The third-order valence-corrected chi connectivity index (χ3v) is 4.76. The maximum atomic E-state index is 12.4. The highest BCUT2D eigenvalue weighted by molar-refractivity contribution is 6.32. The Morgan fingerprint density at radius 1 is 1.20 bits per heavy atom. The molecule has 0 saturated heterocycles. The molecule has 0 fully saturated rings. The Labute approximate surface area is 151 Å². The van der Waals surface area contributed by atoms with Crippen molar-refractivity contribution in [2.45, 2.75) is 12.8 Å². The summed E-state index contributed by atoms with van der Waals surface area (Å²) in [6.45, 7) is 2.30. The summed E-state index contributed by atoms with van der Waals surface area (Å²) < 4.78 is 11.1. The van der Waals surface area contributed by atoms with Gasteiger partial charge in [0.1, 0.15) is 13.2 Å². The van der Waals surface area contributed by atoms with Crippen LogP contribution in [0.15, 0.2) is 36.4 Å². The lowest BCUT2D eigenvalue weighted by Crippen LogP contribution is -2.39. The normalized spacial score (nSPS) is 15.0. The molecule has 2 amide bonds. The SMILES string of the molecule is O=C(NCCc1cc(Cl)c2c(c1)OCCO2)N1CCc2ccccc21. The largest absolute Gasteiger partial charge is 0.486 e.